The number of hydrogen-bond acceptors (Lipinski definition) is 7. The van der Waals surface area contributed by atoms with Crippen molar-refractivity contribution in [2.45, 2.75) is 25.7 Å². The van der Waals surface area contributed by atoms with E-state index in [1.54, 1.807) is 26.4 Å². The predicted molar refractivity (Wildman–Crippen MR) is 109 cm³/mol. The van der Waals surface area contributed by atoms with E-state index in [0.717, 1.165) is 11.5 Å². The molecule has 7 nitrogen and oxygen atoms in total. The van der Waals surface area contributed by atoms with Crippen molar-refractivity contribution < 1.29 is 32.8 Å². The summed E-state index contributed by atoms with van der Waals surface area (Å²) in [5.41, 5.74) is 0. The third-order valence-electron chi connectivity index (χ3n) is 4.61. The van der Waals surface area contributed by atoms with Crippen LogP contribution < -0.4 is 18.9 Å². The monoisotopic (exact) mass is 412 g/mol. The molecular weight excluding hydrogens is 388 g/mol. The average molecular weight is 412 g/mol. The molecule has 4 rings (SSSR count). The minimum absolute atomic E-state index is 0.349. The Morgan fingerprint density at radius 3 is 1.83 bits per heavy atom. The van der Waals surface area contributed by atoms with Crippen LogP contribution in [0.2, 0.25) is 0 Å². The van der Waals surface area contributed by atoms with Crippen LogP contribution in [0.15, 0.2) is 59.2 Å². The average Bonchev–Trinajstić information content (AvgIpc) is 3.31. The minimum Gasteiger partial charge on any atom is -0.497 e. The van der Waals surface area contributed by atoms with Gasteiger partial charge in [-0.15, -0.1) is 0 Å². The van der Waals surface area contributed by atoms with E-state index in [0.29, 0.717) is 35.4 Å². The summed E-state index contributed by atoms with van der Waals surface area (Å²) in [6.45, 7) is 4.06. The van der Waals surface area contributed by atoms with E-state index >= 15 is 0 Å². The summed E-state index contributed by atoms with van der Waals surface area (Å²) in [7, 11) is 3.23. The Morgan fingerprint density at radius 1 is 0.800 bits per heavy atom. The van der Waals surface area contributed by atoms with Crippen molar-refractivity contribution in [1.82, 2.24) is 0 Å². The zero-order valence-corrected chi connectivity index (χ0v) is 17.3. The molecule has 30 heavy (non-hydrogen) atoms. The van der Waals surface area contributed by atoms with Crippen molar-refractivity contribution in [1.29, 1.82) is 0 Å². The van der Waals surface area contributed by atoms with E-state index in [9.17, 15) is 0 Å². The van der Waals surface area contributed by atoms with Gasteiger partial charge in [0, 0.05) is 0 Å². The fraction of sp³-hybridized carbons (Fsp3) is 0.304. The van der Waals surface area contributed by atoms with E-state index in [2.05, 4.69) is 0 Å². The lowest BCUT2D eigenvalue weighted by molar-refractivity contribution is -0.141. The van der Waals surface area contributed by atoms with Gasteiger partial charge in [-0.3, -0.25) is 0 Å². The maximum atomic E-state index is 6.14. The number of furan rings is 1. The highest BCUT2D eigenvalue weighted by molar-refractivity contribution is 5.48. The Bertz CT molecular complexity index is 974. The van der Waals surface area contributed by atoms with Crippen LogP contribution in [0.4, 0.5) is 0 Å². The van der Waals surface area contributed by atoms with Gasteiger partial charge in [0.15, 0.2) is 11.5 Å². The third kappa shape index (κ3) is 4.37. The molecule has 0 aliphatic carbocycles. The van der Waals surface area contributed by atoms with Crippen molar-refractivity contribution >= 4 is 0 Å². The Labute approximate surface area is 175 Å². The van der Waals surface area contributed by atoms with Crippen LogP contribution in [0.1, 0.15) is 25.7 Å². The van der Waals surface area contributed by atoms with Crippen molar-refractivity contribution in [2.24, 2.45) is 0 Å². The van der Waals surface area contributed by atoms with Gasteiger partial charge in [0.2, 0.25) is 11.5 Å². The summed E-state index contributed by atoms with van der Waals surface area (Å²) >= 11 is 0. The van der Waals surface area contributed by atoms with E-state index in [1.807, 2.05) is 50.2 Å². The fourth-order valence-corrected chi connectivity index (χ4v) is 3.09. The number of methoxy groups -OCH3 is 2. The van der Waals surface area contributed by atoms with Gasteiger partial charge in [0.25, 0.3) is 0 Å². The second-order valence-corrected chi connectivity index (χ2v) is 7.17. The zero-order valence-electron chi connectivity index (χ0n) is 17.3. The highest BCUT2D eigenvalue weighted by atomic mass is 16.7. The molecule has 1 aliphatic rings. The molecule has 0 unspecified atom stereocenters. The number of ether oxygens (including phenoxy) is 6. The second-order valence-electron chi connectivity index (χ2n) is 7.17. The van der Waals surface area contributed by atoms with Crippen molar-refractivity contribution in [3.8, 4) is 34.5 Å². The third-order valence-corrected chi connectivity index (χ3v) is 4.61. The van der Waals surface area contributed by atoms with Gasteiger partial charge in [0.05, 0.1) is 20.8 Å². The molecule has 2 aromatic carbocycles. The molecule has 0 spiro atoms. The maximum absolute atomic E-state index is 6.14. The number of benzene rings is 2. The van der Waals surface area contributed by atoms with Gasteiger partial charge in [-0.1, -0.05) is 0 Å². The van der Waals surface area contributed by atoms with E-state index in [-0.39, 0.29) is 0 Å². The zero-order chi connectivity index (χ0) is 21.1. The first kappa shape index (κ1) is 20.1. The predicted octanol–water partition coefficient (Wildman–Crippen LogP) is 5.71. The van der Waals surface area contributed by atoms with Crippen molar-refractivity contribution in [3.05, 3.63) is 60.6 Å². The second kappa shape index (κ2) is 8.30. The van der Waals surface area contributed by atoms with E-state index in [1.165, 1.54) is 6.26 Å². The lowest BCUT2D eigenvalue weighted by atomic mass is 10.2. The topological polar surface area (TPSA) is 68.5 Å². The normalized spacial score (nSPS) is 17.5. The lowest BCUT2D eigenvalue weighted by Crippen LogP contribution is -2.19. The first-order valence-corrected chi connectivity index (χ1v) is 9.54. The highest BCUT2D eigenvalue weighted by Crippen LogP contribution is 2.46. The van der Waals surface area contributed by atoms with Crippen LogP contribution in [-0.4, -0.2) is 26.6 Å². The fourth-order valence-electron chi connectivity index (χ4n) is 3.09. The number of hydrogen-bond donors (Lipinski definition) is 0. The first-order chi connectivity index (χ1) is 14.5. The molecule has 1 aromatic heterocycles. The SMILES string of the molecule is COc1ccc(Oc2coc([C@@H]3COC(C)(C)O3)c2Oc2ccc(OC)cc2)cc1. The minimum atomic E-state index is -0.703. The van der Waals surface area contributed by atoms with E-state index in [4.69, 9.17) is 32.8 Å². The van der Waals surface area contributed by atoms with Crippen molar-refractivity contribution in [2.75, 3.05) is 20.8 Å². The molecule has 0 amide bonds. The molecule has 3 aromatic rings. The number of rotatable bonds is 7. The maximum Gasteiger partial charge on any atom is 0.214 e. The first-order valence-electron chi connectivity index (χ1n) is 9.54. The summed E-state index contributed by atoms with van der Waals surface area (Å²) in [5.74, 6) is 3.36. The van der Waals surface area contributed by atoms with Crippen LogP contribution in [0.25, 0.3) is 0 Å². The van der Waals surface area contributed by atoms with Gasteiger partial charge in [-0.25, -0.2) is 0 Å². The molecule has 0 bridgehead atoms. The van der Waals surface area contributed by atoms with Crippen LogP contribution in [0.5, 0.6) is 34.5 Å². The summed E-state index contributed by atoms with van der Waals surface area (Å²) in [6, 6.07) is 14.5. The molecule has 0 saturated carbocycles. The van der Waals surface area contributed by atoms with Gasteiger partial charge >= 0.3 is 0 Å². The van der Waals surface area contributed by atoms with Gasteiger partial charge in [0.1, 0.15) is 35.4 Å². The van der Waals surface area contributed by atoms with Gasteiger partial charge in [-0.05, 0) is 62.4 Å². The molecule has 158 valence electrons. The summed E-state index contributed by atoms with van der Waals surface area (Å²) < 4.78 is 40.0. The molecule has 1 aliphatic heterocycles. The summed E-state index contributed by atoms with van der Waals surface area (Å²) in [4.78, 5) is 0. The Balaban J connectivity index is 1.64. The largest absolute Gasteiger partial charge is 0.497 e. The van der Waals surface area contributed by atoms with Crippen molar-refractivity contribution in [3.63, 3.8) is 0 Å². The Kier molecular flexibility index (Phi) is 5.57. The molecule has 0 radical (unpaired) electrons. The van der Waals surface area contributed by atoms with Crippen LogP contribution in [-0.2, 0) is 9.47 Å². The molecule has 1 fully saturated rings. The van der Waals surface area contributed by atoms with Crippen LogP contribution in [0.3, 0.4) is 0 Å². The molecular formula is C23H24O7. The standard InChI is InChI=1S/C23H24O7/c1-23(2)27-14-20(30-23)21-22(29-18-11-7-16(25-4)8-12-18)19(13-26-21)28-17-9-5-15(24-3)6-10-17/h5-13,20H,14H2,1-4H3/t20-/m0/s1. The van der Waals surface area contributed by atoms with E-state index < -0.39 is 11.9 Å². The van der Waals surface area contributed by atoms with Crippen LogP contribution in [0, 0.1) is 0 Å². The molecule has 1 atom stereocenters. The highest BCUT2D eigenvalue weighted by Gasteiger charge is 2.38. The summed E-state index contributed by atoms with van der Waals surface area (Å²) in [5, 5.41) is 0. The Hall–Kier alpha value is -3.16. The molecule has 0 N–H and O–H groups in total. The molecule has 1 saturated heterocycles. The van der Waals surface area contributed by atoms with Crippen LogP contribution >= 0.6 is 0 Å². The lowest BCUT2D eigenvalue weighted by Gasteiger charge is -2.17. The quantitative estimate of drug-likeness (QED) is 0.493. The smallest absolute Gasteiger partial charge is 0.214 e. The molecule has 7 heteroatoms. The van der Waals surface area contributed by atoms with Gasteiger partial charge < -0.3 is 32.8 Å². The van der Waals surface area contributed by atoms with Gasteiger partial charge in [-0.2, -0.15) is 0 Å². The summed E-state index contributed by atoms with van der Waals surface area (Å²) in [6.07, 6.45) is 1.09. The Morgan fingerprint density at radius 2 is 1.33 bits per heavy atom. The molecule has 2 heterocycles.